The van der Waals surface area contributed by atoms with Crippen molar-refractivity contribution < 1.29 is 0 Å². The summed E-state index contributed by atoms with van der Waals surface area (Å²) in [6.07, 6.45) is 2.75. The molecule has 0 radical (unpaired) electrons. The summed E-state index contributed by atoms with van der Waals surface area (Å²) in [6, 6.07) is 0. The molecule has 0 aliphatic carbocycles. The van der Waals surface area contributed by atoms with Gasteiger partial charge in [0.15, 0.2) is 0 Å². The van der Waals surface area contributed by atoms with Crippen molar-refractivity contribution >= 4 is 7.85 Å². The summed E-state index contributed by atoms with van der Waals surface area (Å²) in [5.41, 5.74) is 0. The highest BCUT2D eigenvalue weighted by atomic mass is 14.9. The lowest BCUT2D eigenvalue weighted by atomic mass is 9.96. The zero-order valence-electron chi connectivity index (χ0n) is 4.20. The molecule has 0 amide bonds. The molecule has 0 aromatic heterocycles. The molecule has 1 atom stereocenters. The Morgan fingerprint density at radius 1 is 1.67 bits per heavy atom. The molecule has 0 saturated carbocycles. The minimum Gasteiger partial charge on any atom is -0.322 e. The molecule has 0 aromatic carbocycles. The summed E-state index contributed by atoms with van der Waals surface area (Å²) in [4.78, 5) is 0. The van der Waals surface area contributed by atoms with E-state index >= 15 is 0 Å². The highest BCUT2D eigenvalue weighted by Gasteiger charge is 2.05. The summed E-state index contributed by atoms with van der Waals surface area (Å²) in [7, 11) is 2.23. The maximum atomic E-state index is 3.32. The van der Waals surface area contributed by atoms with Gasteiger partial charge in [0, 0.05) is 0 Å². The van der Waals surface area contributed by atoms with Gasteiger partial charge >= 0.3 is 0 Å². The second-order valence-corrected chi connectivity index (χ2v) is 2.00. The second kappa shape index (κ2) is 1.65. The molecular formula is C4H10BN. The van der Waals surface area contributed by atoms with E-state index in [9.17, 15) is 0 Å². The Hall–Kier alpha value is 0.0249. The van der Waals surface area contributed by atoms with E-state index in [0.29, 0.717) is 0 Å². The molecule has 0 aromatic rings. The molecule has 34 valence electrons. The van der Waals surface area contributed by atoms with E-state index in [1.54, 1.807) is 0 Å². The van der Waals surface area contributed by atoms with Gasteiger partial charge in [-0.05, 0) is 25.3 Å². The zero-order valence-corrected chi connectivity index (χ0v) is 4.20. The van der Waals surface area contributed by atoms with Gasteiger partial charge in [-0.2, -0.15) is 0 Å². The van der Waals surface area contributed by atoms with E-state index in [4.69, 9.17) is 0 Å². The Morgan fingerprint density at radius 2 is 2.50 bits per heavy atom. The van der Waals surface area contributed by atoms with Gasteiger partial charge in [0.1, 0.15) is 7.85 Å². The van der Waals surface area contributed by atoms with Gasteiger partial charge in [0.05, 0.1) is 0 Å². The number of hydrogen-bond acceptors (Lipinski definition) is 1. The minimum atomic E-state index is 0.796. The Kier molecular flexibility index (Phi) is 1.15. The van der Waals surface area contributed by atoms with Crippen LogP contribution in [0.25, 0.3) is 0 Å². The van der Waals surface area contributed by atoms with Crippen LogP contribution in [-0.4, -0.2) is 20.3 Å². The predicted octanol–water partition coefficient (Wildman–Crippen LogP) is -0.671. The standard InChI is InChI=1S/C4H10BN/c5-4-2-1-3-6-4/h4,6H,1-3,5H2/t4-/m0/s1. The Labute approximate surface area is 39.5 Å². The molecule has 0 bridgehead atoms. The normalized spacial score (nSPS) is 34.3. The molecule has 1 heterocycles. The van der Waals surface area contributed by atoms with Crippen molar-refractivity contribution in [1.29, 1.82) is 0 Å². The van der Waals surface area contributed by atoms with Gasteiger partial charge < -0.3 is 5.32 Å². The van der Waals surface area contributed by atoms with Crippen molar-refractivity contribution in [2.75, 3.05) is 6.54 Å². The fraction of sp³-hybridized carbons (Fsp3) is 1.00. The maximum Gasteiger partial charge on any atom is 0.123 e. The molecule has 0 spiro atoms. The van der Waals surface area contributed by atoms with Gasteiger partial charge in [-0.25, -0.2) is 0 Å². The average Bonchev–Trinajstić information content (AvgIpc) is 1.86. The van der Waals surface area contributed by atoms with Crippen LogP contribution >= 0.6 is 0 Å². The van der Waals surface area contributed by atoms with E-state index in [2.05, 4.69) is 13.2 Å². The maximum absolute atomic E-state index is 3.32. The zero-order chi connectivity index (χ0) is 4.41. The molecule has 1 N–H and O–H groups in total. The van der Waals surface area contributed by atoms with Crippen LogP contribution in [0, 0.1) is 0 Å². The van der Waals surface area contributed by atoms with Crippen molar-refractivity contribution in [2.24, 2.45) is 0 Å². The monoisotopic (exact) mass is 83.1 g/mol. The van der Waals surface area contributed by atoms with E-state index in [0.717, 1.165) is 5.94 Å². The van der Waals surface area contributed by atoms with Crippen LogP contribution in [0.4, 0.5) is 0 Å². The molecule has 1 nitrogen and oxygen atoms in total. The first-order chi connectivity index (χ1) is 2.89. The second-order valence-electron chi connectivity index (χ2n) is 2.00. The highest BCUT2D eigenvalue weighted by Crippen LogP contribution is 1.98. The lowest BCUT2D eigenvalue weighted by Crippen LogP contribution is -2.20. The lowest BCUT2D eigenvalue weighted by Gasteiger charge is -1.94. The van der Waals surface area contributed by atoms with Crippen LogP contribution in [0.5, 0.6) is 0 Å². The average molecular weight is 82.9 g/mol. The predicted molar refractivity (Wildman–Crippen MR) is 29.6 cm³/mol. The summed E-state index contributed by atoms with van der Waals surface area (Å²) >= 11 is 0. The van der Waals surface area contributed by atoms with Crippen LogP contribution in [0.2, 0.25) is 0 Å². The smallest absolute Gasteiger partial charge is 0.123 e. The van der Waals surface area contributed by atoms with Crippen molar-refractivity contribution in [3.8, 4) is 0 Å². The summed E-state index contributed by atoms with van der Waals surface area (Å²) in [5.74, 6) is 0.796. The minimum absolute atomic E-state index is 0.796. The third kappa shape index (κ3) is 0.746. The topological polar surface area (TPSA) is 12.0 Å². The van der Waals surface area contributed by atoms with E-state index in [1.807, 2.05) is 0 Å². The van der Waals surface area contributed by atoms with Crippen LogP contribution in [0.15, 0.2) is 0 Å². The molecule has 1 fully saturated rings. The third-order valence-electron chi connectivity index (χ3n) is 1.31. The third-order valence-corrected chi connectivity index (χ3v) is 1.31. The van der Waals surface area contributed by atoms with Crippen LogP contribution in [-0.2, 0) is 0 Å². The van der Waals surface area contributed by atoms with E-state index in [-0.39, 0.29) is 0 Å². The summed E-state index contributed by atoms with van der Waals surface area (Å²) in [5, 5.41) is 3.32. The van der Waals surface area contributed by atoms with Gasteiger partial charge in [-0.1, -0.05) is 0 Å². The van der Waals surface area contributed by atoms with Crippen molar-refractivity contribution in [1.82, 2.24) is 5.32 Å². The molecule has 1 rings (SSSR count). The Bertz CT molecular complexity index is 40.8. The van der Waals surface area contributed by atoms with E-state index < -0.39 is 0 Å². The number of nitrogens with one attached hydrogen (secondary N) is 1. The fourth-order valence-corrected chi connectivity index (χ4v) is 0.859. The molecular weight excluding hydrogens is 72.9 g/mol. The first-order valence-corrected chi connectivity index (χ1v) is 2.63. The molecule has 1 saturated heterocycles. The van der Waals surface area contributed by atoms with Gasteiger partial charge in [0.2, 0.25) is 0 Å². The Balaban J connectivity index is 2.18. The van der Waals surface area contributed by atoms with Crippen molar-refractivity contribution in [2.45, 2.75) is 18.8 Å². The molecule has 0 unspecified atom stereocenters. The summed E-state index contributed by atoms with van der Waals surface area (Å²) < 4.78 is 0. The molecule has 6 heavy (non-hydrogen) atoms. The highest BCUT2D eigenvalue weighted by molar-refractivity contribution is 6.11. The largest absolute Gasteiger partial charge is 0.322 e. The molecule has 2 heteroatoms. The van der Waals surface area contributed by atoms with Crippen LogP contribution < -0.4 is 5.32 Å². The molecule has 1 aliphatic heterocycles. The molecule has 1 aliphatic rings. The summed E-state index contributed by atoms with van der Waals surface area (Å²) in [6.45, 7) is 1.24. The SMILES string of the molecule is B[C@@H]1CCCN1. The van der Waals surface area contributed by atoms with E-state index in [1.165, 1.54) is 19.4 Å². The first-order valence-electron chi connectivity index (χ1n) is 2.63. The van der Waals surface area contributed by atoms with Gasteiger partial charge in [-0.3, -0.25) is 0 Å². The van der Waals surface area contributed by atoms with Crippen LogP contribution in [0.3, 0.4) is 0 Å². The quantitative estimate of drug-likeness (QED) is 0.383. The number of hydrogen-bond donors (Lipinski definition) is 1. The van der Waals surface area contributed by atoms with Gasteiger partial charge in [-0.15, -0.1) is 0 Å². The first kappa shape index (κ1) is 4.19. The van der Waals surface area contributed by atoms with Gasteiger partial charge in [0.25, 0.3) is 0 Å². The Morgan fingerprint density at radius 3 is 2.67 bits per heavy atom. The van der Waals surface area contributed by atoms with Crippen LogP contribution in [0.1, 0.15) is 12.8 Å². The van der Waals surface area contributed by atoms with Crippen molar-refractivity contribution in [3.05, 3.63) is 0 Å². The van der Waals surface area contributed by atoms with Crippen molar-refractivity contribution in [3.63, 3.8) is 0 Å². The fourth-order valence-electron chi connectivity index (χ4n) is 0.859. The number of rotatable bonds is 0. The lowest BCUT2D eigenvalue weighted by molar-refractivity contribution is 0.794.